The first-order valence-corrected chi connectivity index (χ1v) is 10.4. The van der Waals surface area contributed by atoms with Gasteiger partial charge in [0.15, 0.2) is 0 Å². The first-order valence-electron chi connectivity index (χ1n) is 9.56. The molecule has 2 N–H and O–H groups in total. The normalized spacial score (nSPS) is 24.6. The fourth-order valence-electron chi connectivity index (χ4n) is 3.89. The van der Waals surface area contributed by atoms with E-state index >= 15 is 0 Å². The zero-order chi connectivity index (χ0) is 17.5. The lowest BCUT2D eigenvalue weighted by molar-refractivity contribution is -0.122. The molecule has 5 nitrogen and oxygen atoms in total. The molecule has 3 rings (SSSR count). The number of morpholine rings is 1. The Kier molecular flexibility index (Phi) is 7.28. The summed E-state index contributed by atoms with van der Waals surface area (Å²) in [6.07, 6.45) is 3.10. The molecule has 2 fully saturated rings. The Labute approximate surface area is 155 Å². The Balaban J connectivity index is 1.50. The molecule has 6 heteroatoms. The maximum atomic E-state index is 12.5. The second kappa shape index (κ2) is 9.67. The molecular weight excluding hydrogens is 334 g/mol. The highest BCUT2D eigenvalue weighted by Gasteiger charge is 2.25. The summed E-state index contributed by atoms with van der Waals surface area (Å²) in [7, 11) is 0. The van der Waals surface area contributed by atoms with Gasteiger partial charge in [-0.05, 0) is 49.2 Å². The predicted molar refractivity (Wildman–Crippen MR) is 102 cm³/mol. The smallest absolute Gasteiger partial charge is 0.220 e. The predicted octanol–water partition coefficient (Wildman–Crippen LogP) is 2.26. The summed E-state index contributed by atoms with van der Waals surface area (Å²) >= 11 is 1.77. The molecule has 0 aliphatic carbocycles. The van der Waals surface area contributed by atoms with Gasteiger partial charge < -0.3 is 15.4 Å². The van der Waals surface area contributed by atoms with Crippen LogP contribution in [0.1, 0.15) is 37.1 Å². The summed E-state index contributed by atoms with van der Waals surface area (Å²) in [6.45, 7) is 8.51. The largest absolute Gasteiger partial charge is 0.379 e. The third-order valence-corrected chi connectivity index (χ3v) is 6.47. The SMILES string of the molecule is CC(CC(=O)NCC(c1cccs1)N1CCOCC1)C1CCCNC1. The third kappa shape index (κ3) is 5.51. The average molecular weight is 366 g/mol. The molecule has 0 radical (unpaired) electrons. The number of amides is 1. The quantitative estimate of drug-likeness (QED) is 0.778. The number of carbonyl (C=O) groups is 1. The van der Waals surface area contributed by atoms with Crippen LogP contribution in [0.5, 0.6) is 0 Å². The lowest BCUT2D eigenvalue weighted by Crippen LogP contribution is -2.44. The third-order valence-electron chi connectivity index (χ3n) is 5.50. The minimum Gasteiger partial charge on any atom is -0.379 e. The minimum atomic E-state index is 0.188. The van der Waals surface area contributed by atoms with Crippen LogP contribution in [-0.2, 0) is 9.53 Å². The highest BCUT2D eigenvalue weighted by molar-refractivity contribution is 7.10. The zero-order valence-electron chi connectivity index (χ0n) is 15.2. The van der Waals surface area contributed by atoms with Crippen molar-refractivity contribution in [3.63, 3.8) is 0 Å². The van der Waals surface area contributed by atoms with Crippen molar-refractivity contribution in [3.8, 4) is 0 Å². The molecule has 1 aromatic rings. The highest BCUT2D eigenvalue weighted by Crippen LogP contribution is 2.26. The maximum Gasteiger partial charge on any atom is 0.220 e. The molecule has 0 bridgehead atoms. The molecule has 0 spiro atoms. The monoisotopic (exact) mass is 365 g/mol. The van der Waals surface area contributed by atoms with Gasteiger partial charge in [-0.2, -0.15) is 0 Å². The van der Waals surface area contributed by atoms with Crippen LogP contribution < -0.4 is 10.6 Å². The van der Waals surface area contributed by atoms with Gasteiger partial charge in [0.1, 0.15) is 0 Å². The minimum absolute atomic E-state index is 0.188. The molecule has 2 aliphatic heterocycles. The second-order valence-electron chi connectivity index (χ2n) is 7.27. The molecule has 3 unspecified atom stereocenters. The van der Waals surface area contributed by atoms with Gasteiger partial charge in [-0.3, -0.25) is 9.69 Å². The van der Waals surface area contributed by atoms with E-state index in [0.29, 0.717) is 24.8 Å². The maximum absolute atomic E-state index is 12.5. The van der Waals surface area contributed by atoms with E-state index in [1.54, 1.807) is 11.3 Å². The van der Waals surface area contributed by atoms with E-state index in [1.165, 1.54) is 17.7 Å². The van der Waals surface area contributed by atoms with Crippen molar-refractivity contribution in [1.29, 1.82) is 0 Å². The van der Waals surface area contributed by atoms with Crippen molar-refractivity contribution < 1.29 is 9.53 Å². The van der Waals surface area contributed by atoms with Crippen LogP contribution in [0.2, 0.25) is 0 Å². The van der Waals surface area contributed by atoms with Crippen molar-refractivity contribution in [2.45, 2.75) is 32.2 Å². The fraction of sp³-hybridized carbons (Fsp3) is 0.737. The van der Waals surface area contributed by atoms with Crippen molar-refractivity contribution in [2.24, 2.45) is 11.8 Å². The van der Waals surface area contributed by atoms with Crippen molar-refractivity contribution in [2.75, 3.05) is 45.9 Å². The Morgan fingerprint density at radius 1 is 1.48 bits per heavy atom. The molecule has 25 heavy (non-hydrogen) atoms. The van der Waals surface area contributed by atoms with Crippen molar-refractivity contribution in [1.82, 2.24) is 15.5 Å². The van der Waals surface area contributed by atoms with E-state index in [4.69, 9.17) is 4.74 Å². The Morgan fingerprint density at radius 3 is 3.00 bits per heavy atom. The van der Waals surface area contributed by atoms with Gasteiger partial charge in [-0.15, -0.1) is 11.3 Å². The van der Waals surface area contributed by atoms with E-state index in [9.17, 15) is 4.79 Å². The van der Waals surface area contributed by atoms with Gasteiger partial charge in [0.2, 0.25) is 5.91 Å². The number of nitrogens with zero attached hydrogens (tertiary/aromatic N) is 1. The van der Waals surface area contributed by atoms with Crippen LogP contribution in [0.3, 0.4) is 0 Å². The molecule has 2 saturated heterocycles. The summed E-state index contributed by atoms with van der Waals surface area (Å²) in [4.78, 5) is 16.2. The number of nitrogens with one attached hydrogen (secondary N) is 2. The lowest BCUT2D eigenvalue weighted by atomic mass is 9.85. The van der Waals surface area contributed by atoms with E-state index in [2.05, 4.69) is 40.0 Å². The van der Waals surface area contributed by atoms with Crippen molar-refractivity contribution >= 4 is 17.2 Å². The Morgan fingerprint density at radius 2 is 2.32 bits per heavy atom. The van der Waals surface area contributed by atoms with E-state index < -0.39 is 0 Å². The molecule has 3 atom stereocenters. The zero-order valence-corrected chi connectivity index (χ0v) is 16.0. The van der Waals surface area contributed by atoms with Gasteiger partial charge >= 0.3 is 0 Å². The fourth-order valence-corrected chi connectivity index (χ4v) is 4.75. The van der Waals surface area contributed by atoms with E-state index in [1.807, 2.05) is 0 Å². The number of rotatable bonds is 7. The second-order valence-corrected chi connectivity index (χ2v) is 8.25. The summed E-state index contributed by atoms with van der Waals surface area (Å²) in [5.41, 5.74) is 0. The van der Waals surface area contributed by atoms with Crippen LogP contribution in [0.25, 0.3) is 0 Å². The van der Waals surface area contributed by atoms with Crippen LogP contribution >= 0.6 is 11.3 Å². The van der Waals surface area contributed by atoms with Crippen LogP contribution in [0, 0.1) is 11.8 Å². The summed E-state index contributed by atoms with van der Waals surface area (Å²) < 4.78 is 5.48. The Bertz CT molecular complexity index is 511. The number of ether oxygens (including phenoxy) is 1. The number of piperidine rings is 1. The molecule has 0 aromatic carbocycles. The molecule has 140 valence electrons. The topological polar surface area (TPSA) is 53.6 Å². The number of hydrogen-bond acceptors (Lipinski definition) is 5. The van der Waals surface area contributed by atoms with Crippen LogP contribution in [-0.4, -0.2) is 56.7 Å². The first kappa shape index (κ1) is 18.8. The van der Waals surface area contributed by atoms with Gasteiger partial charge in [0.05, 0.1) is 19.3 Å². The summed E-state index contributed by atoms with van der Waals surface area (Å²) in [5, 5.41) is 8.77. The molecular formula is C19H31N3O2S. The number of hydrogen-bond donors (Lipinski definition) is 2. The van der Waals surface area contributed by atoms with Gasteiger partial charge in [-0.25, -0.2) is 0 Å². The van der Waals surface area contributed by atoms with E-state index in [-0.39, 0.29) is 11.9 Å². The molecule has 2 aliphatic rings. The van der Waals surface area contributed by atoms with Crippen LogP contribution in [0.15, 0.2) is 17.5 Å². The highest BCUT2D eigenvalue weighted by atomic mass is 32.1. The van der Waals surface area contributed by atoms with Gasteiger partial charge in [-0.1, -0.05) is 13.0 Å². The molecule has 1 aromatic heterocycles. The number of carbonyl (C=O) groups excluding carboxylic acids is 1. The van der Waals surface area contributed by atoms with Crippen molar-refractivity contribution in [3.05, 3.63) is 22.4 Å². The first-order chi connectivity index (χ1) is 12.2. The van der Waals surface area contributed by atoms with E-state index in [0.717, 1.165) is 39.4 Å². The standard InChI is InChI=1S/C19H31N3O2S/c1-15(16-4-2-6-20-13-16)12-19(23)21-14-17(18-5-3-11-25-18)22-7-9-24-10-8-22/h3,5,11,15-17,20H,2,4,6-10,12-14H2,1H3,(H,21,23). The van der Waals surface area contributed by atoms with Gasteiger partial charge in [0, 0.05) is 30.9 Å². The summed E-state index contributed by atoms with van der Waals surface area (Å²) in [6, 6.07) is 4.53. The molecule has 3 heterocycles. The average Bonchev–Trinajstić information content (AvgIpc) is 3.18. The lowest BCUT2D eigenvalue weighted by Gasteiger charge is -2.34. The molecule has 1 amide bonds. The summed E-state index contributed by atoms with van der Waals surface area (Å²) in [5.74, 6) is 1.26. The van der Waals surface area contributed by atoms with Gasteiger partial charge in [0.25, 0.3) is 0 Å². The van der Waals surface area contributed by atoms with Crippen LogP contribution in [0.4, 0.5) is 0 Å². The Hall–Kier alpha value is -0.950. The number of thiophene rings is 1. The molecule has 0 saturated carbocycles.